The number of carbonyl (C=O) groups excluding carboxylic acids is 2. The van der Waals surface area contributed by atoms with Gasteiger partial charge in [-0.2, -0.15) is 0 Å². The minimum absolute atomic E-state index is 0.0124. The van der Waals surface area contributed by atoms with Crippen molar-refractivity contribution in [3.8, 4) is 0 Å². The second-order valence-electron chi connectivity index (χ2n) is 6.45. The lowest BCUT2D eigenvalue weighted by atomic mass is 10.1. The highest BCUT2D eigenvalue weighted by Gasteiger charge is 2.23. The maximum Gasteiger partial charge on any atom is 0.258 e. The number of halogens is 2. The van der Waals surface area contributed by atoms with E-state index in [0.29, 0.717) is 0 Å². The van der Waals surface area contributed by atoms with Crippen molar-refractivity contribution in [2.45, 2.75) is 6.42 Å². The average molecular weight is 465 g/mol. The number of hydrogen-bond donors (Lipinski definition) is 4. The van der Waals surface area contributed by atoms with E-state index in [1.807, 2.05) is 4.72 Å². The number of alkyl halides is 1. The number of nitrogens with zero attached hydrogens (tertiary/aromatic N) is 3. The Labute approximate surface area is 180 Å². The summed E-state index contributed by atoms with van der Waals surface area (Å²) in [4.78, 5) is 36.4. The van der Waals surface area contributed by atoms with Gasteiger partial charge in [0.2, 0.25) is 10.0 Å². The normalized spacial score (nSPS) is 11.3. The molecule has 0 radical (unpaired) electrons. The number of anilines is 3. The number of nitrogens with two attached hydrogens (primary N) is 2. The summed E-state index contributed by atoms with van der Waals surface area (Å²) in [5, 5.41) is 2.22. The Morgan fingerprint density at radius 1 is 1.06 bits per heavy atom. The van der Waals surface area contributed by atoms with Crippen molar-refractivity contribution in [2.24, 2.45) is 5.73 Å². The molecule has 0 aliphatic carbocycles. The van der Waals surface area contributed by atoms with Gasteiger partial charge in [0.15, 0.2) is 11.6 Å². The largest absolute Gasteiger partial charge is 0.382 e. The van der Waals surface area contributed by atoms with E-state index in [1.165, 1.54) is 12.3 Å². The van der Waals surface area contributed by atoms with Gasteiger partial charge in [-0.25, -0.2) is 22.8 Å². The first-order valence-corrected chi connectivity index (χ1v) is 10.6. The molecule has 0 aliphatic rings. The Balaban J connectivity index is 2.03. The maximum absolute atomic E-state index is 15.1. The zero-order chi connectivity index (χ0) is 23.5. The van der Waals surface area contributed by atoms with Crippen LogP contribution in [0.15, 0.2) is 30.7 Å². The molecule has 2 heterocycles. The number of amides is 2. The molecular weight excluding hydrogens is 448 g/mol. The Morgan fingerprint density at radius 3 is 2.50 bits per heavy atom. The zero-order valence-electron chi connectivity index (χ0n) is 16.3. The molecule has 0 unspecified atom stereocenters. The van der Waals surface area contributed by atoms with E-state index in [0.717, 1.165) is 18.5 Å². The molecule has 32 heavy (non-hydrogen) atoms. The molecule has 1 aromatic carbocycles. The van der Waals surface area contributed by atoms with E-state index in [4.69, 9.17) is 11.5 Å². The monoisotopic (exact) mass is 465 g/mol. The van der Waals surface area contributed by atoms with E-state index in [-0.39, 0.29) is 28.8 Å². The number of fused-ring (bicyclic) bond motifs is 1. The molecule has 168 valence electrons. The Morgan fingerprint density at radius 2 is 1.81 bits per heavy atom. The number of pyridine rings is 1. The molecule has 0 aliphatic heterocycles. The van der Waals surface area contributed by atoms with Crippen LogP contribution in [-0.4, -0.2) is 47.6 Å². The summed E-state index contributed by atoms with van der Waals surface area (Å²) < 4.78 is 53.4. The van der Waals surface area contributed by atoms with Gasteiger partial charge in [-0.3, -0.25) is 23.7 Å². The van der Waals surface area contributed by atoms with Gasteiger partial charge in [0.25, 0.3) is 11.8 Å². The van der Waals surface area contributed by atoms with Gasteiger partial charge in [-0.1, -0.05) is 0 Å². The van der Waals surface area contributed by atoms with Gasteiger partial charge in [0.05, 0.1) is 34.9 Å². The lowest BCUT2D eigenvalue weighted by Gasteiger charge is -2.15. The van der Waals surface area contributed by atoms with Crippen LogP contribution >= 0.6 is 0 Å². The number of nitrogens with one attached hydrogen (secondary N) is 2. The molecule has 14 heteroatoms. The third-order valence-corrected chi connectivity index (χ3v) is 5.61. The second kappa shape index (κ2) is 9.05. The molecule has 11 nitrogen and oxygen atoms in total. The molecule has 0 bridgehead atoms. The topological polar surface area (TPSA) is 183 Å². The van der Waals surface area contributed by atoms with Crippen molar-refractivity contribution in [2.75, 3.05) is 28.2 Å². The molecule has 0 saturated heterocycles. The molecule has 6 N–H and O–H groups in total. The standard InChI is InChI=1S/C18H17F2N7O4S/c19-5-1-7-32(30,31)27-11-3-2-9(17(22)28)13(12(11)20)26-18(29)10-4-6-23-15-14(10)24-8-25-16(15)21/h2-4,6,8,27H,1,5,7H2,(H2,22,28)(H,26,29)(H2,21,24,25). The number of rotatable bonds is 8. The maximum atomic E-state index is 15.1. The predicted octanol–water partition coefficient (Wildman–Crippen LogP) is 1.20. The quantitative estimate of drug-likeness (QED) is 0.382. The minimum atomic E-state index is -4.08. The van der Waals surface area contributed by atoms with E-state index < -0.39 is 57.0 Å². The van der Waals surface area contributed by atoms with Gasteiger partial charge < -0.3 is 16.8 Å². The van der Waals surface area contributed by atoms with Crippen molar-refractivity contribution in [3.05, 3.63) is 47.7 Å². The van der Waals surface area contributed by atoms with Crippen LogP contribution in [0.3, 0.4) is 0 Å². The molecule has 2 amide bonds. The summed E-state index contributed by atoms with van der Waals surface area (Å²) >= 11 is 0. The molecule has 3 rings (SSSR count). The first-order valence-electron chi connectivity index (χ1n) is 9.00. The number of hydrogen-bond acceptors (Lipinski definition) is 8. The van der Waals surface area contributed by atoms with Crippen molar-refractivity contribution in [3.63, 3.8) is 0 Å². The van der Waals surface area contributed by atoms with Crippen LogP contribution in [0.2, 0.25) is 0 Å². The van der Waals surface area contributed by atoms with Gasteiger partial charge in [0.1, 0.15) is 17.4 Å². The fourth-order valence-corrected chi connectivity index (χ4v) is 3.88. The van der Waals surface area contributed by atoms with Crippen molar-refractivity contribution < 1.29 is 26.8 Å². The fraction of sp³-hybridized carbons (Fsp3) is 0.167. The average Bonchev–Trinajstić information content (AvgIpc) is 2.74. The number of nitrogen functional groups attached to an aromatic ring is 1. The van der Waals surface area contributed by atoms with E-state index in [1.54, 1.807) is 0 Å². The molecular formula is C18H17F2N7O4S. The minimum Gasteiger partial charge on any atom is -0.382 e. The first kappa shape index (κ1) is 22.7. The summed E-state index contributed by atoms with van der Waals surface area (Å²) in [6.45, 7) is -0.876. The lowest BCUT2D eigenvalue weighted by Crippen LogP contribution is -2.22. The number of primary amides is 1. The van der Waals surface area contributed by atoms with Crippen LogP contribution in [0.4, 0.5) is 26.0 Å². The molecule has 3 aromatic rings. The van der Waals surface area contributed by atoms with Gasteiger partial charge in [0, 0.05) is 6.20 Å². The number of carbonyl (C=O) groups is 2. The molecule has 0 spiro atoms. The molecule has 0 saturated carbocycles. The summed E-state index contributed by atoms with van der Waals surface area (Å²) in [5.74, 6) is -3.80. The third-order valence-electron chi connectivity index (χ3n) is 4.25. The lowest BCUT2D eigenvalue weighted by molar-refractivity contribution is 0.100. The van der Waals surface area contributed by atoms with E-state index in [9.17, 15) is 22.4 Å². The van der Waals surface area contributed by atoms with Gasteiger partial charge >= 0.3 is 0 Å². The number of benzene rings is 1. The van der Waals surface area contributed by atoms with Crippen LogP contribution < -0.4 is 21.5 Å². The van der Waals surface area contributed by atoms with E-state index in [2.05, 4.69) is 20.3 Å². The highest BCUT2D eigenvalue weighted by Crippen LogP contribution is 2.29. The third kappa shape index (κ3) is 4.69. The van der Waals surface area contributed by atoms with Crippen LogP contribution in [0, 0.1) is 5.82 Å². The molecule has 0 atom stereocenters. The van der Waals surface area contributed by atoms with Crippen LogP contribution in [0.1, 0.15) is 27.1 Å². The van der Waals surface area contributed by atoms with Crippen LogP contribution in [0.25, 0.3) is 11.0 Å². The summed E-state index contributed by atoms with van der Waals surface area (Å²) in [5.41, 5.74) is 9.51. The SMILES string of the molecule is NC(=O)c1ccc(NS(=O)(=O)CCCF)c(F)c1NC(=O)c1ccnc2c(N)ncnc12. The summed E-state index contributed by atoms with van der Waals surface area (Å²) in [6, 6.07) is 3.29. The van der Waals surface area contributed by atoms with Gasteiger partial charge in [-0.05, 0) is 24.6 Å². The van der Waals surface area contributed by atoms with Crippen LogP contribution in [0.5, 0.6) is 0 Å². The van der Waals surface area contributed by atoms with Gasteiger partial charge in [-0.15, -0.1) is 0 Å². The first-order chi connectivity index (χ1) is 15.1. The van der Waals surface area contributed by atoms with Crippen molar-refractivity contribution in [1.82, 2.24) is 15.0 Å². The molecule has 2 aromatic heterocycles. The van der Waals surface area contributed by atoms with E-state index >= 15 is 4.39 Å². The number of sulfonamides is 1. The van der Waals surface area contributed by atoms with Crippen molar-refractivity contribution in [1.29, 1.82) is 0 Å². The summed E-state index contributed by atoms with van der Waals surface area (Å²) in [7, 11) is -4.08. The Kier molecular flexibility index (Phi) is 6.43. The zero-order valence-corrected chi connectivity index (χ0v) is 17.1. The highest BCUT2D eigenvalue weighted by molar-refractivity contribution is 7.92. The predicted molar refractivity (Wildman–Crippen MR) is 113 cm³/mol. The summed E-state index contributed by atoms with van der Waals surface area (Å²) in [6.07, 6.45) is 2.08. The van der Waals surface area contributed by atoms with Crippen LogP contribution in [-0.2, 0) is 10.0 Å². The second-order valence-corrected chi connectivity index (χ2v) is 8.29. The smallest absolute Gasteiger partial charge is 0.258 e. The number of aromatic nitrogens is 3. The van der Waals surface area contributed by atoms with Crippen molar-refractivity contribution >= 4 is 50.1 Å². The highest BCUT2D eigenvalue weighted by atomic mass is 32.2. The Bertz CT molecular complexity index is 1320. The molecule has 0 fully saturated rings. The fourth-order valence-electron chi connectivity index (χ4n) is 2.79. The Hall–Kier alpha value is -3.94.